The summed E-state index contributed by atoms with van der Waals surface area (Å²) in [6.07, 6.45) is 1.39. The molecule has 0 heterocycles. The summed E-state index contributed by atoms with van der Waals surface area (Å²) in [6, 6.07) is 16.4. The second kappa shape index (κ2) is 19.8. The molecule has 1 unspecified atom stereocenters. The fourth-order valence-electron chi connectivity index (χ4n) is 4.28. The van der Waals surface area contributed by atoms with E-state index in [2.05, 4.69) is 85.7 Å². The third kappa shape index (κ3) is 12.8. The number of benzene rings is 3. The summed E-state index contributed by atoms with van der Waals surface area (Å²) < 4.78 is 32.7. The van der Waals surface area contributed by atoms with Gasteiger partial charge in [0, 0.05) is 5.56 Å². The molecule has 1 atom stereocenters. The van der Waals surface area contributed by atoms with Crippen molar-refractivity contribution in [3.8, 4) is 34.5 Å². The summed E-state index contributed by atoms with van der Waals surface area (Å²) >= 11 is 0. The molecule has 0 bridgehead atoms. The summed E-state index contributed by atoms with van der Waals surface area (Å²) in [5.41, 5.74) is 4.83. The Balaban J connectivity index is 0.000000338. The first-order valence-corrected chi connectivity index (χ1v) is 16.1. The molecule has 0 spiro atoms. The molecule has 0 aliphatic heterocycles. The molecule has 0 aliphatic rings. The molecule has 6 heteroatoms. The zero-order valence-electron chi connectivity index (χ0n) is 30.7. The van der Waals surface area contributed by atoms with Gasteiger partial charge in [-0.05, 0) is 105 Å². The first-order valence-electron chi connectivity index (χ1n) is 16.1. The molecular weight excluding hydrogens is 564 g/mol. The summed E-state index contributed by atoms with van der Waals surface area (Å²) in [7, 11) is 6.73. The molecule has 0 fully saturated rings. The van der Waals surface area contributed by atoms with Gasteiger partial charge in [-0.15, -0.1) is 0 Å². The first kappa shape index (κ1) is 39.5. The normalized spacial score (nSPS) is 11.4. The quantitative estimate of drug-likeness (QED) is 0.200. The van der Waals surface area contributed by atoms with Crippen molar-refractivity contribution in [2.24, 2.45) is 0 Å². The van der Waals surface area contributed by atoms with Gasteiger partial charge in [0.2, 0.25) is 0 Å². The van der Waals surface area contributed by atoms with E-state index >= 15 is 0 Å². The van der Waals surface area contributed by atoms with Crippen molar-refractivity contribution in [1.82, 2.24) is 0 Å². The van der Waals surface area contributed by atoms with E-state index in [4.69, 9.17) is 28.4 Å². The highest BCUT2D eigenvalue weighted by Gasteiger charge is 2.12. The van der Waals surface area contributed by atoms with Crippen LogP contribution in [0.15, 0.2) is 48.5 Å². The third-order valence-electron chi connectivity index (χ3n) is 7.42. The summed E-state index contributed by atoms with van der Waals surface area (Å²) in [6.45, 7) is 23.2. The van der Waals surface area contributed by atoms with E-state index < -0.39 is 0 Å². The molecule has 3 aromatic carbocycles. The summed E-state index contributed by atoms with van der Waals surface area (Å²) in [5.74, 6) is 6.58. The van der Waals surface area contributed by atoms with Gasteiger partial charge < -0.3 is 28.4 Å². The highest BCUT2D eigenvalue weighted by molar-refractivity contribution is 5.48. The third-order valence-corrected chi connectivity index (χ3v) is 7.42. The van der Waals surface area contributed by atoms with Crippen molar-refractivity contribution < 1.29 is 28.4 Å². The van der Waals surface area contributed by atoms with Crippen LogP contribution in [0, 0.1) is 6.92 Å². The molecule has 252 valence electrons. The smallest absolute Gasteiger partial charge is 0.161 e. The van der Waals surface area contributed by atoms with Crippen LogP contribution in [0.5, 0.6) is 34.5 Å². The molecule has 6 nitrogen and oxygen atoms in total. The van der Waals surface area contributed by atoms with Crippen LogP contribution in [-0.4, -0.2) is 40.6 Å². The van der Waals surface area contributed by atoms with Crippen LogP contribution < -0.4 is 28.4 Å². The van der Waals surface area contributed by atoms with Gasteiger partial charge in [0.05, 0.1) is 40.6 Å². The zero-order valence-corrected chi connectivity index (χ0v) is 30.7. The second-order valence-corrected chi connectivity index (χ2v) is 12.3. The lowest BCUT2D eigenvalue weighted by atomic mass is 10.0. The number of methoxy groups -OCH3 is 4. The Morgan fingerprint density at radius 1 is 0.467 bits per heavy atom. The number of hydrogen-bond donors (Lipinski definition) is 0. The highest BCUT2D eigenvalue weighted by atomic mass is 16.5. The molecular formula is C39H60O6. The lowest BCUT2D eigenvalue weighted by molar-refractivity contribution is 0.207. The van der Waals surface area contributed by atoms with Crippen LogP contribution in [0.25, 0.3) is 0 Å². The van der Waals surface area contributed by atoms with Gasteiger partial charge >= 0.3 is 0 Å². The second-order valence-electron chi connectivity index (χ2n) is 12.3. The van der Waals surface area contributed by atoms with Gasteiger partial charge in [0.15, 0.2) is 23.0 Å². The van der Waals surface area contributed by atoms with Crippen molar-refractivity contribution in [2.75, 3.05) is 28.4 Å². The van der Waals surface area contributed by atoms with Crippen molar-refractivity contribution in [3.63, 3.8) is 0 Å². The van der Waals surface area contributed by atoms with Crippen LogP contribution in [0.2, 0.25) is 0 Å². The van der Waals surface area contributed by atoms with E-state index in [1.807, 2.05) is 39.0 Å². The first-order chi connectivity index (χ1) is 21.2. The highest BCUT2D eigenvalue weighted by Crippen LogP contribution is 2.34. The van der Waals surface area contributed by atoms with Crippen LogP contribution in [-0.2, 0) is 0 Å². The van der Waals surface area contributed by atoms with Crippen molar-refractivity contribution in [2.45, 2.75) is 113 Å². The lowest BCUT2D eigenvalue weighted by Crippen LogP contribution is -2.10. The molecule has 0 radical (unpaired) electrons. The molecule has 0 aliphatic carbocycles. The molecule has 0 saturated heterocycles. The number of hydrogen-bond acceptors (Lipinski definition) is 6. The van der Waals surface area contributed by atoms with Gasteiger partial charge in [-0.1, -0.05) is 60.6 Å². The van der Waals surface area contributed by atoms with E-state index in [9.17, 15) is 0 Å². The lowest BCUT2D eigenvalue weighted by Gasteiger charge is -2.17. The van der Waals surface area contributed by atoms with Gasteiger partial charge in [0.1, 0.15) is 11.5 Å². The molecule has 0 N–H and O–H groups in total. The Labute approximate surface area is 274 Å². The number of rotatable bonds is 12. The topological polar surface area (TPSA) is 55.4 Å². The molecule has 45 heavy (non-hydrogen) atoms. The van der Waals surface area contributed by atoms with Crippen molar-refractivity contribution in [1.29, 1.82) is 0 Å². The molecule has 0 saturated carbocycles. The monoisotopic (exact) mass is 624 g/mol. The maximum atomic E-state index is 5.80. The fourth-order valence-corrected chi connectivity index (χ4v) is 4.28. The number of ether oxygens (including phenoxy) is 6. The average molecular weight is 625 g/mol. The Bertz CT molecular complexity index is 1250. The van der Waals surface area contributed by atoms with E-state index in [1.54, 1.807) is 28.4 Å². The molecule has 0 amide bonds. The van der Waals surface area contributed by atoms with Crippen LogP contribution in [0.1, 0.15) is 116 Å². The maximum absolute atomic E-state index is 5.80. The molecule has 3 aromatic rings. The van der Waals surface area contributed by atoms with Crippen LogP contribution in [0.3, 0.4) is 0 Å². The summed E-state index contributed by atoms with van der Waals surface area (Å²) in [5, 5.41) is 0. The predicted octanol–water partition coefficient (Wildman–Crippen LogP) is 10.7. The maximum Gasteiger partial charge on any atom is 0.161 e. The fraction of sp³-hybridized carbons (Fsp3) is 0.538. The van der Waals surface area contributed by atoms with Crippen molar-refractivity contribution >= 4 is 0 Å². The average Bonchev–Trinajstić information content (AvgIpc) is 3.01. The van der Waals surface area contributed by atoms with Gasteiger partial charge in [-0.3, -0.25) is 0 Å². The Hall–Kier alpha value is -3.54. The Morgan fingerprint density at radius 2 is 0.822 bits per heavy atom. The van der Waals surface area contributed by atoms with E-state index in [0.29, 0.717) is 17.8 Å². The SMILES string of the molecule is CCC(C)Oc1ccc(C(C)C)cc1OC.COc1cc(C(C)C)cc(OC)c1C.COc1cc(C(C)C)ccc1OC(C)C. The minimum absolute atomic E-state index is 0.170. The molecule has 3 rings (SSSR count). The van der Waals surface area contributed by atoms with Crippen molar-refractivity contribution in [3.05, 3.63) is 70.8 Å². The Kier molecular flexibility index (Phi) is 17.3. The minimum Gasteiger partial charge on any atom is -0.496 e. The van der Waals surface area contributed by atoms with Crippen LogP contribution in [0.4, 0.5) is 0 Å². The summed E-state index contributed by atoms with van der Waals surface area (Å²) in [4.78, 5) is 0. The Morgan fingerprint density at radius 3 is 1.13 bits per heavy atom. The van der Waals surface area contributed by atoms with Gasteiger partial charge in [0.25, 0.3) is 0 Å². The zero-order chi connectivity index (χ0) is 34.3. The van der Waals surface area contributed by atoms with Gasteiger partial charge in [-0.2, -0.15) is 0 Å². The predicted molar refractivity (Wildman–Crippen MR) is 189 cm³/mol. The van der Waals surface area contributed by atoms with E-state index in [1.165, 1.54) is 16.7 Å². The van der Waals surface area contributed by atoms with Crippen LogP contribution >= 0.6 is 0 Å². The largest absolute Gasteiger partial charge is 0.496 e. The van der Waals surface area contributed by atoms with E-state index in [-0.39, 0.29) is 12.2 Å². The van der Waals surface area contributed by atoms with Gasteiger partial charge in [-0.25, -0.2) is 0 Å². The van der Waals surface area contributed by atoms with E-state index in [0.717, 1.165) is 46.5 Å². The minimum atomic E-state index is 0.170. The standard InChI is InChI=1S/C14H22O2.C13H20O2.C12H18O2/c1-6-11(4)16-13-8-7-12(10(2)3)9-14(13)15-5;1-9(2)11-6-7-12(15-10(3)4)13(8-11)14-5;1-8(2)10-6-11(13-4)9(3)12(7-10)14-5/h7-11H,6H2,1-5H3;6-10H,1-5H3;6-8H,1-5H3. The molecule has 0 aromatic heterocycles.